The SMILES string of the molecule is CCOCCCOc1ccc(N2CCC(N)CC2)c(C)c1. The van der Waals surface area contributed by atoms with Crippen molar-refractivity contribution in [2.45, 2.75) is 39.2 Å². The maximum Gasteiger partial charge on any atom is 0.119 e. The zero-order valence-electron chi connectivity index (χ0n) is 13.3. The minimum atomic E-state index is 0.370. The monoisotopic (exact) mass is 292 g/mol. The van der Waals surface area contributed by atoms with Crippen molar-refractivity contribution < 1.29 is 9.47 Å². The van der Waals surface area contributed by atoms with E-state index in [1.54, 1.807) is 0 Å². The van der Waals surface area contributed by atoms with Crippen LogP contribution in [0.5, 0.6) is 5.75 Å². The fraction of sp³-hybridized carbons (Fsp3) is 0.647. The third kappa shape index (κ3) is 4.90. The molecule has 0 aromatic heterocycles. The Morgan fingerprint density at radius 2 is 2.00 bits per heavy atom. The number of anilines is 1. The lowest BCUT2D eigenvalue weighted by Crippen LogP contribution is -2.39. The first-order chi connectivity index (χ1) is 10.2. The lowest BCUT2D eigenvalue weighted by molar-refractivity contribution is 0.131. The first-order valence-corrected chi connectivity index (χ1v) is 8.02. The van der Waals surface area contributed by atoms with Crippen LogP contribution < -0.4 is 15.4 Å². The van der Waals surface area contributed by atoms with Crippen molar-refractivity contribution in [2.24, 2.45) is 5.73 Å². The normalized spacial score (nSPS) is 16.2. The van der Waals surface area contributed by atoms with Gasteiger partial charge in [-0.25, -0.2) is 0 Å². The molecule has 4 nitrogen and oxygen atoms in total. The van der Waals surface area contributed by atoms with Crippen molar-refractivity contribution in [1.82, 2.24) is 0 Å². The fourth-order valence-corrected chi connectivity index (χ4v) is 2.71. The zero-order chi connectivity index (χ0) is 15.1. The van der Waals surface area contributed by atoms with E-state index in [0.717, 1.165) is 51.3 Å². The molecule has 0 aliphatic carbocycles. The number of nitrogens with zero attached hydrogens (tertiary/aromatic N) is 1. The van der Waals surface area contributed by atoms with E-state index >= 15 is 0 Å². The second-order valence-corrected chi connectivity index (χ2v) is 5.67. The summed E-state index contributed by atoms with van der Waals surface area (Å²) < 4.78 is 11.1. The largest absolute Gasteiger partial charge is 0.493 e. The van der Waals surface area contributed by atoms with Crippen LogP contribution in [0.3, 0.4) is 0 Å². The first-order valence-electron chi connectivity index (χ1n) is 8.02. The molecule has 118 valence electrons. The zero-order valence-corrected chi connectivity index (χ0v) is 13.3. The predicted molar refractivity (Wildman–Crippen MR) is 87.2 cm³/mol. The van der Waals surface area contributed by atoms with Crippen molar-refractivity contribution in [3.05, 3.63) is 23.8 Å². The van der Waals surface area contributed by atoms with Gasteiger partial charge < -0.3 is 20.1 Å². The number of hydrogen-bond acceptors (Lipinski definition) is 4. The van der Waals surface area contributed by atoms with E-state index in [0.29, 0.717) is 12.6 Å². The van der Waals surface area contributed by atoms with E-state index in [9.17, 15) is 0 Å². The van der Waals surface area contributed by atoms with Gasteiger partial charge in [-0.15, -0.1) is 0 Å². The molecule has 0 saturated carbocycles. The summed E-state index contributed by atoms with van der Waals surface area (Å²) in [6, 6.07) is 6.74. The Kier molecular flexibility index (Phi) is 6.33. The third-order valence-electron chi connectivity index (χ3n) is 3.95. The van der Waals surface area contributed by atoms with Crippen molar-refractivity contribution >= 4 is 5.69 Å². The summed E-state index contributed by atoms with van der Waals surface area (Å²) in [6.45, 7) is 8.51. The summed E-state index contributed by atoms with van der Waals surface area (Å²) in [5.41, 5.74) is 8.55. The van der Waals surface area contributed by atoms with Crippen LogP contribution in [0.2, 0.25) is 0 Å². The molecule has 2 rings (SSSR count). The average molecular weight is 292 g/mol. The van der Waals surface area contributed by atoms with Crippen LogP contribution in [0.1, 0.15) is 31.7 Å². The van der Waals surface area contributed by atoms with Gasteiger partial charge in [0.1, 0.15) is 5.75 Å². The molecule has 0 bridgehead atoms. The molecule has 0 atom stereocenters. The van der Waals surface area contributed by atoms with E-state index in [4.69, 9.17) is 15.2 Å². The average Bonchev–Trinajstić information content (AvgIpc) is 2.48. The summed E-state index contributed by atoms with van der Waals surface area (Å²) in [4.78, 5) is 2.43. The minimum absolute atomic E-state index is 0.370. The van der Waals surface area contributed by atoms with Crippen LogP contribution in [0.4, 0.5) is 5.69 Å². The number of aryl methyl sites for hydroxylation is 1. The van der Waals surface area contributed by atoms with Crippen LogP contribution in [0, 0.1) is 6.92 Å². The van der Waals surface area contributed by atoms with Gasteiger partial charge in [-0.2, -0.15) is 0 Å². The van der Waals surface area contributed by atoms with Gasteiger partial charge in [0.05, 0.1) is 6.61 Å². The summed E-state index contributed by atoms with van der Waals surface area (Å²) in [6.07, 6.45) is 3.09. The molecule has 1 aromatic carbocycles. The number of nitrogens with two attached hydrogens (primary N) is 1. The predicted octanol–water partition coefficient (Wildman–Crippen LogP) is 2.73. The number of ether oxygens (including phenoxy) is 2. The van der Waals surface area contributed by atoms with Crippen LogP contribution in [-0.2, 0) is 4.74 Å². The second-order valence-electron chi connectivity index (χ2n) is 5.67. The molecular formula is C17H28N2O2. The van der Waals surface area contributed by atoms with Gasteiger partial charge in [0.2, 0.25) is 0 Å². The molecule has 1 heterocycles. The molecule has 2 N–H and O–H groups in total. The number of rotatable bonds is 7. The van der Waals surface area contributed by atoms with Crippen molar-refractivity contribution in [3.8, 4) is 5.75 Å². The lowest BCUT2D eigenvalue weighted by Gasteiger charge is -2.33. The molecule has 0 amide bonds. The van der Waals surface area contributed by atoms with Gasteiger partial charge >= 0.3 is 0 Å². The standard InChI is InChI=1S/C17H28N2O2/c1-3-20-11-4-12-21-16-5-6-17(14(2)13-16)19-9-7-15(18)8-10-19/h5-6,13,15H,3-4,7-12,18H2,1-2H3. The molecule has 21 heavy (non-hydrogen) atoms. The van der Waals surface area contributed by atoms with E-state index in [1.807, 2.05) is 6.92 Å². The number of benzene rings is 1. The molecule has 0 unspecified atom stereocenters. The van der Waals surface area contributed by atoms with E-state index in [-0.39, 0.29) is 0 Å². The Balaban J connectivity index is 1.85. The molecule has 1 aliphatic heterocycles. The summed E-state index contributed by atoms with van der Waals surface area (Å²) in [7, 11) is 0. The van der Waals surface area contributed by atoms with E-state index < -0.39 is 0 Å². The van der Waals surface area contributed by atoms with E-state index in [2.05, 4.69) is 30.0 Å². The molecule has 1 fully saturated rings. The van der Waals surface area contributed by atoms with Crippen molar-refractivity contribution in [1.29, 1.82) is 0 Å². The molecule has 0 radical (unpaired) electrons. The molecule has 1 saturated heterocycles. The van der Waals surface area contributed by atoms with Crippen molar-refractivity contribution in [2.75, 3.05) is 37.8 Å². The van der Waals surface area contributed by atoms with Crippen LogP contribution in [-0.4, -0.2) is 39.0 Å². The quantitative estimate of drug-likeness (QED) is 0.785. The molecule has 4 heteroatoms. The Morgan fingerprint density at radius 3 is 2.67 bits per heavy atom. The summed E-state index contributed by atoms with van der Waals surface area (Å²) in [5.74, 6) is 0.946. The minimum Gasteiger partial charge on any atom is -0.493 e. The Hall–Kier alpha value is -1.26. The molecular weight excluding hydrogens is 264 g/mol. The summed E-state index contributed by atoms with van der Waals surface area (Å²) in [5, 5.41) is 0. The second kappa shape index (κ2) is 8.25. The third-order valence-corrected chi connectivity index (χ3v) is 3.95. The number of hydrogen-bond donors (Lipinski definition) is 1. The highest BCUT2D eigenvalue weighted by Crippen LogP contribution is 2.27. The van der Waals surface area contributed by atoms with Crippen molar-refractivity contribution in [3.63, 3.8) is 0 Å². The van der Waals surface area contributed by atoms with Gasteiger partial charge in [-0.1, -0.05) is 0 Å². The highest BCUT2D eigenvalue weighted by molar-refractivity contribution is 5.56. The highest BCUT2D eigenvalue weighted by atomic mass is 16.5. The van der Waals surface area contributed by atoms with Crippen LogP contribution in [0.25, 0.3) is 0 Å². The topological polar surface area (TPSA) is 47.7 Å². The highest BCUT2D eigenvalue weighted by Gasteiger charge is 2.17. The Labute approximate surface area is 128 Å². The smallest absolute Gasteiger partial charge is 0.119 e. The van der Waals surface area contributed by atoms with Crippen LogP contribution in [0.15, 0.2) is 18.2 Å². The lowest BCUT2D eigenvalue weighted by atomic mass is 10.0. The van der Waals surface area contributed by atoms with E-state index in [1.165, 1.54) is 11.3 Å². The Morgan fingerprint density at radius 1 is 1.24 bits per heavy atom. The molecule has 1 aromatic rings. The molecule has 1 aliphatic rings. The van der Waals surface area contributed by atoms with Crippen LogP contribution >= 0.6 is 0 Å². The number of piperidine rings is 1. The first kappa shape index (κ1) is 16.1. The van der Waals surface area contributed by atoms with Gasteiger partial charge in [0, 0.05) is 44.5 Å². The summed E-state index contributed by atoms with van der Waals surface area (Å²) >= 11 is 0. The molecule has 0 spiro atoms. The van der Waals surface area contributed by atoms with Gasteiger partial charge in [-0.05, 0) is 50.5 Å². The fourth-order valence-electron chi connectivity index (χ4n) is 2.71. The Bertz CT molecular complexity index is 429. The maximum absolute atomic E-state index is 5.97. The van der Waals surface area contributed by atoms with Gasteiger partial charge in [0.15, 0.2) is 0 Å². The van der Waals surface area contributed by atoms with Gasteiger partial charge in [0.25, 0.3) is 0 Å². The van der Waals surface area contributed by atoms with Gasteiger partial charge in [-0.3, -0.25) is 0 Å². The maximum atomic E-state index is 5.97.